The number of benzene rings is 1. The third-order valence-corrected chi connectivity index (χ3v) is 3.19. The molecule has 98 valence electrons. The van der Waals surface area contributed by atoms with Crippen molar-refractivity contribution in [3.8, 4) is 11.8 Å². The molecule has 3 nitrogen and oxygen atoms in total. The lowest BCUT2D eigenvalue weighted by molar-refractivity contribution is 0.637. The number of rotatable bonds is 2. The van der Waals surface area contributed by atoms with Crippen LogP contribution < -0.4 is 0 Å². The van der Waals surface area contributed by atoms with Crippen LogP contribution in [-0.4, -0.2) is 14.8 Å². The average molecular weight is 282 g/mol. The fourth-order valence-corrected chi connectivity index (χ4v) is 2.15. The van der Waals surface area contributed by atoms with Crippen molar-refractivity contribution in [3.63, 3.8) is 0 Å². The molecule has 0 atom stereocenters. The predicted molar refractivity (Wildman–Crippen MR) is 80.5 cm³/mol. The third-order valence-electron chi connectivity index (χ3n) is 2.88. The Morgan fingerprint density at radius 1 is 1.15 bits per heavy atom. The summed E-state index contributed by atoms with van der Waals surface area (Å²) < 4.78 is 1.88. The Kier molecular flexibility index (Phi) is 3.67. The van der Waals surface area contributed by atoms with Gasteiger partial charge in [0.2, 0.25) is 0 Å². The maximum Gasteiger partial charge on any atom is 0.113 e. The number of nitrogens with zero attached hydrogens (tertiary/aromatic N) is 3. The molecule has 0 bridgehead atoms. The smallest absolute Gasteiger partial charge is 0.113 e. The highest BCUT2D eigenvalue weighted by Crippen LogP contribution is 2.21. The number of hydrogen-bond donors (Lipinski definition) is 0. The molecule has 4 heteroatoms. The van der Waals surface area contributed by atoms with Crippen molar-refractivity contribution in [2.24, 2.45) is 0 Å². The van der Waals surface area contributed by atoms with Crippen molar-refractivity contribution < 1.29 is 0 Å². The molecule has 2 heterocycles. The molecule has 0 aliphatic carbocycles. The molecular formula is C16H12ClN3. The Morgan fingerprint density at radius 2 is 2.10 bits per heavy atom. The van der Waals surface area contributed by atoms with Crippen molar-refractivity contribution >= 4 is 22.5 Å². The molecule has 0 radical (unpaired) electrons. The second-order valence-corrected chi connectivity index (χ2v) is 4.74. The molecule has 1 aromatic carbocycles. The van der Waals surface area contributed by atoms with Crippen LogP contribution in [0.4, 0.5) is 0 Å². The zero-order valence-electron chi connectivity index (χ0n) is 10.8. The SMILES string of the molecule is Clc1cccc2cn(CCC#Cc3ccccn3)nc12. The number of hydrogen-bond acceptors (Lipinski definition) is 2. The van der Waals surface area contributed by atoms with Crippen LogP contribution in [0.2, 0.25) is 5.02 Å². The van der Waals surface area contributed by atoms with Crippen LogP contribution in [0.15, 0.2) is 48.8 Å². The average Bonchev–Trinajstić information content (AvgIpc) is 2.89. The van der Waals surface area contributed by atoms with Crippen LogP contribution in [0.3, 0.4) is 0 Å². The van der Waals surface area contributed by atoms with Gasteiger partial charge in [0.05, 0.1) is 11.6 Å². The molecule has 0 saturated carbocycles. The van der Waals surface area contributed by atoms with Gasteiger partial charge in [0.25, 0.3) is 0 Å². The maximum absolute atomic E-state index is 6.10. The highest BCUT2D eigenvalue weighted by Gasteiger charge is 2.03. The summed E-state index contributed by atoms with van der Waals surface area (Å²) in [7, 11) is 0. The van der Waals surface area contributed by atoms with Crippen molar-refractivity contribution in [1.29, 1.82) is 0 Å². The molecule has 2 aromatic heterocycles. The van der Waals surface area contributed by atoms with Gasteiger partial charge in [-0.15, -0.1) is 0 Å². The predicted octanol–water partition coefficient (Wildman–Crippen LogP) is 3.53. The summed E-state index contributed by atoms with van der Waals surface area (Å²) in [4.78, 5) is 4.16. The first-order valence-electron chi connectivity index (χ1n) is 6.34. The summed E-state index contributed by atoms with van der Waals surface area (Å²) in [5, 5.41) is 6.19. The number of halogens is 1. The van der Waals surface area contributed by atoms with Gasteiger partial charge >= 0.3 is 0 Å². The van der Waals surface area contributed by atoms with Crippen molar-refractivity contribution in [3.05, 3.63) is 59.5 Å². The van der Waals surface area contributed by atoms with Gasteiger partial charge in [-0.05, 0) is 24.1 Å². The molecule has 0 spiro atoms. The first kappa shape index (κ1) is 12.7. The van der Waals surface area contributed by atoms with Gasteiger partial charge in [-0.2, -0.15) is 5.10 Å². The highest BCUT2D eigenvalue weighted by atomic mass is 35.5. The van der Waals surface area contributed by atoms with Gasteiger partial charge < -0.3 is 0 Å². The van der Waals surface area contributed by atoms with E-state index in [1.807, 2.05) is 47.3 Å². The van der Waals surface area contributed by atoms with Gasteiger partial charge in [-0.3, -0.25) is 4.68 Å². The minimum Gasteiger partial charge on any atom is -0.271 e. The van der Waals surface area contributed by atoms with Crippen LogP contribution in [0.1, 0.15) is 12.1 Å². The molecule has 0 aliphatic rings. The Morgan fingerprint density at radius 3 is 2.90 bits per heavy atom. The molecule has 0 N–H and O–H groups in total. The first-order chi connectivity index (χ1) is 9.83. The Hall–Kier alpha value is -2.31. The van der Waals surface area contributed by atoms with E-state index in [1.54, 1.807) is 6.20 Å². The molecule has 0 saturated heterocycles. The molecule has 3 rings (SSSR count). The van der Waals surface area contributed by atoms with Gasteiger partial charge in [-0.25, -0.2) is 4.98 Å². The number of fused-ring (bicyclic) bond motifs is 1. The summed E-state index contributed by atoms with van der Waals surface area (Å²) in [6.45, 7) is 0.741. The molecule has 0 amide bonds. The topological polar surface area (TPSA) is 30.7 Å². The quantitative estimate of drug-likeness (QED) is 0.673. The van der Waals surface area contributed by atoms with E-state index in [1.165, 1.54) is 0 Å². The third kappa shape index (κ3) is 2.81. The highest BCUT2D eigenvalue weighted by molar-refractivity contribution is 6.35. The van der Waals surface area contributed by atoms with Crippen molar-refractivity contribution in [1.82, 2.24) is 14.8 Å². The Balaban J connectivity index is 1.69. The molecule has 3 aromatic rings. The zero-order valence-corrected chi connectivity index (χ0v) is 11.5. The van der Waals surface area contributed by atoms with E-state index in [0.29, 0.717) is 5.02 Å². The van der Waals surface area contributed by atoms with Gasteiger partial charge in [0, 0.05) is 24.2 Å². The number of aromatic nitrogens is 3. The largest absolute Gasteiger partial charge is 0.271 e. The molecule has 0 unspecified atom stereocenters. The first-order valence-corrected chi connectivity index (χ1v) is 6.72. The molecule has 20 heavy (non-hydrogen) atoms. The van der Waals surface area contributed by atoms with Crippen LogP contribution in [0, 0.1) is 11.8 Å². The zero-order chi connectivity index (χ0) is 13.8. The van der Waals surface area contributed by atoms with E-state index in [0.717, 1.165) is 29.6 Å². The van der Waals surface area contributed by atoms with E-state index in [2.05, 4.69) is 21.9 Å². The Labute approximate surface area is 122 Å². The Bertz CT molecular complexity index is 782. The van der Waals surface area contributed by atoms with Crippen LogP contribution in [-0.2, 0) is 6.54 Å². The standard InChI is InChI=1S/C16H12ClN3/c17-15-9-5-6-13-12-20(19-16(13)15)11-4-2-8-14-7-1-3-10-18-14/h1,3,5-7,9-10,12H,4,11H2. The maximum atomic E-state index is 6.10. The fourth-order valence-electron chi connectivity index (χ4n) is 1.93. The number of pyridine rings is 1. The second-order valence-electron chi connectivity index (χ2n) is 4.34. The summed E-state index contributed by atoms with van der Waals surface area (Å²) >= 11 is 6.10. The summed E-state index contributed by atoms with van der Waals surface area (Å²) in [5.74, 6) is 6.13. The molecule has 0 fully saturated rings. The lowest BCUT2D eigenvalue weighted by Crippen LogP contribution is -1.96. The summed E-state index contributed by atoms with van der Waals surface area (Å²) in [5.41, 5.74) is 1.63. The van der Waals surface area contributed by atoms with Crippen molar-refractivity contribution in [2.75, 3.05) is 0 Å². The molecular weight excluding hydrogens is 270 g/mol. The molecule has 0 aliphatic heterocycles. The number of aryl methyl sites for hydroxylation is 1. The fraction of sp³-hybridized carbons (Fsp3) is 0.125. The van der Waals surface area contributed by atoms with E-state index in [-0.39, 0.29) is 0 Å². The minimum atomic E-state index is 0.681. The van der Waals surface area contributed by atoms with Gasteiger partial charge in [0.15, 0.2) is 0 Å². The monoisotopic (exact) mass is 281 g/mol. The van der Waals surface area contributed by atoms with E-state index >= 15 is 0 Å². The van der Waals surface area contributed by atoms with Gasteiger partial charge in [-0.1, -0.05) is 35.7 Å². The second kappa shape index (κ2) is 5.77. The minimum absolute atomic E-state index is 0.681. The lowest BCUT2D eigenvalue weighted by Gasteiger charge is -1.94. The van der Waals surface area contributed by atoms with E-state index in [4.69, 9.17) is 11.6 Å². The van der Waals surface area contributed by atoms with Crippen LogP contribution in [0.5, 0.6) is 0 Å². The lowest BCUT2D eigenvalue weighted by atomic mass is 10.3. The van der Waals surface area contributed by atoms with E-state index in [9.17, 15) is 0 Å². The summed E-state index contributed by atoms with van der Waals surface area (Å²) in [6.07, 6.45) is 4.46. The van der Waals surface area contributed by atoms with Gasteiger partial charge in [0.1, 0.15) is 11.2 Å². The van der Waals surface area contributed by atoms with E-state index < -0.39 is 0 Å². The van der Waals surface area contributed by atoms with Crippen LogP contribution in [0.25, 0.3) is 10.9 Å². The van der Waals surface area contributed by atoms with Crippen molar-refractivity contribution in [2.45, 2.75) is 13.0 Å². The normalized spacial score (nSPS) is 10.2. The summed E-state index contributed by atoms with van der Waals surface area (Å²) in [6, 6.07) is 11.5. The van der Waals surface area contributed by atoms with Crippen LogP contribution >= 0.6 is 11.6 Å².